The first-order chi connectivity index (χ1) is 16.0. The molecule has 0 radical (unpaired) electrons. The Kier molecular flexibility index (Phi) is 16.5. The Morgan fingerprint density at radius 2 is 1.55 bits per heavy atom. The molecule has 0 saturated carbocycles. The number of nitrogens with one attached hydrogen (secondary N) is 1. The predicted molar refractivity (Wildman–Crippen MR) is 154 cm³/mol. The molecule has 1 aliphatic rings. The van der Waals surface area contributed by atoms with E-state index in [4.69, 9.17) is 18.0 Å². The second-order valence-corrected chi connectivity index (χ2v) is 9.08. The molecule has 2 aromatic carbocycles. The van der Waals surface area contributed by atoms with E-state index in [2.05, 4.69) is 73.1 Å². The van der Waals surface area contributed by atoms with Crippen LogP contribution in [-0.4, -0.2) is 36.1 Å². The summed E-state index contributed by atoms with van der Waals surface area (Å²) in [6, 6.07) is 18.7. The van der Waals surface area contributed by atoms with E-state index < -0.39 is 0 Å². The van der Waals surface area contributed by atoms with Crippen molar-refractivity contribution in [1.29, 1.82) is 0 Å². The summed E-state index contributed by atoms with van der Waals surface area (Å²) in [6.45, 7) is 11.1. The number of hydrogen-bond donors (Lipinski definition) is 3. The first-order valence-corrected chi connectivity index (χ1v) is 13.1. The van der Waals surface area contributed by atoms with Gasteiger partial charge >= 0.3 is 0 Å². The van der Waals surface area contributed by atoms with Crippen molar-refractivity contribution in [3.63, 3.8) is 0 Å². The van der Waals surface area contributed by atoms with Gasteiger partial charge in [0.15, 0.2) is 0 Å². The number of nitrogens with zero attached hydrogens (tertiary/aromatic N) is 1. The van der Waals surface area contributed by atoms with Crippen LogP contribution >= 0.6 is 24.8 Å². The van der Waals surface area contributed by atoms with Gasteiger partial charge in [0.1, 0.15) is 0 Å². The second-order valence-electron chi connectivity index (χ2n) is 8.21. The molecule has 5 heteroatoms. The maximum Gasteiger partial charge on any atom is 0.0721 e. The monoisotopic (exact) mass is 485 g/mol. The number of likely N-dealkylation sites (tertiary alicyclic amines) is 1. The SMILES string of the molecule is CC(=S)NCCCN1CCCCC1.CCc1ccc(/C(N)=C/S)cc1.CCc1ccccc1. The molecular weight excluding hydrogens is 442 g/mol. The van der Waals surface area contributed by atoms with E-state index in [1.165, 1.54) is 56.4 Å². The second kappa shape index (κ2) is 18.6. The molecule has 0 unspecified atom stereocenters. The quantitative estimate of drug-likeness (QED) is 0.238. The Morgan fingerprint density at radius 1 is 0.970 bits per heavy atom. The molecule has 1 aliphatic heterocycles. The molecule has 3 nitrogen and oxygen atoms in total. The Labute approximate surface area is 213 Å². The fourth-order valence-corrected chi connectivity index (χ4v) is 3.72. The molecule has 0 amide bonds. The van der Waals surface area contributed by atoms with E-state index in [0.717, 1.165) is 29.9 Å². The highest BCUT2D eigenvalue weighted by atomic mass is 32.1. The zero-order valence-electron chi connectivity index (χ0n) is 20.7. The van der Waals surface area contributed by atoms with Crippen molar-refractivity contribution in [1.82, 2.24) is 10.2 Å². The normalized spacial score (nSPS) is 13.8. The van der Waals surface area contributed by atoms with Crippen molar-refractivity contribution in [2.45, 2.75) is 59.3 Å². The van der Waals surface area contributed by atoms with Crippen LogP contribution in [0.25, 0.3) is 5.70 Å². The summed E-state index contributed by atoms with van der Waals surface area (Å²) in [4.78, 5) is 3.47. The fourth-order valence-electron chi connectivity index (χ4n) is 3.47. The minimum atomic E-state index is 0.709. The van der Waals surface area contributed by atoms with E-state index in [-0.39, 0.29) is 0 Å². The van der Waals surface area contributed by atoms with Crippen LogP contribution in [0, 0.1) is 0 Å². The average molecular weight is 486 g/mol. The zero-order valence-corrected chi connectivity index (χ0v) is 22.4. The van der Waals surface area contributed by atoms with Gasteiger partial charge in [-0.25, -0.2) is 0 Å². The van der Waals surface area contributed by atoms with Crippen molar-refractivity contribution in [3.8, 4) is 0 Å². The van der Waals surface area contributed by atoms with Gasteiger partial charge in [-0.05, 0) is 80.8 Å². The lowest BCUT2D eigenvalue weighted by molar-refractivity contribution is 0.227. The van der Waals surface area contributed by atoms with Crippen LogP contribution in [0.5, 0.6) is 0 Å². The summed E-state index contributed by atoms with van der Waals surface area (Å²) < 4.78 is 0. The van der Waals surface area contributed by atoms with Gasteiger partial charge in [-0.3, -0.25) is 0 Å². The number of nitrogens with two attached hydrogens (primary N) is 1. The molecule has 0 atom stereocenters. The Balaban J connectivity index is 0.000000254. The van der Waals surface area contributed by atoms with Crippen LogP contribution in [0.15, 0.2) is 60.0 Å². The third-order valence-electron chi connectivity index (χ3n) is 5.56. The van der Waals surface area contributed by atoms with Gasteiger partial charge in [-0.1, -0.05) is 87.1 Å². The van der Waals surface area contributed by atoms with Crippen molar-refractivity contribution in [2.75, 3.05) is 26.2 Å². The van der Waals surface area contributed by atoms with Crippen molar-refractivity contribution in [3.05, 3.63) is 76.7 Å². The van der Waals surface area contributed by atoms with Crippen LogP contribution in [-0.2, 0) is 12.8 Å². The third kappa shape index (κ3) is 14.1. The molecule has 1 heterocycles. The molecule has 1 fully saturated rings. The molecule has 2 aromatic rings. The fraction of sp³-hybridized carbons (Fsp3) is 0.464. The largest absolute Gasteiger partial charge is 0.398 e. The van der Waals surface area contributed by atoms with Crippen molar-refractivity contribution in [2.24, 2.45) is 5.73 Å². The maximum absolute atomic E-state index is 5.67. The number of thiol groups is 1. The first kappa shape index (κ1) is 29.2. The number of thiocarbonyl (C=S) groups is 1. The summed E-state index contributed by atoms with van der Waals surface area (Å²) >= 11 is 8.93. The van der Waals surface area contributed by atoms with Crippen LogP contribution in [0.2, 0.25) is 0 Å². The summed E-state index contributed by atoms with van der Waals surface area (Å²) in [7, 11) is 0. The molecule has 0 bridgehead atoms. The highest BCUT2D eigenvalue weighted by molar-refractivity contribution is 7.83. The van der Waals surface area contributed by atoms with Crippen LogP contribution in [0.3, 0.4) is 0 Å². The predicted octanol–water partition coefficient (Wildman–Crippen LogP) is 6.48. The molecule has 0 aromatic heterocycles. The van der Waals surface area contributed by atoms with Gasteiger partial charge in [-0.15, -0.1) is 12.6 Å². The highest BCUT2D eigenvalue weighted by Gasteiger charge is 2.08. The number of rotatable bonds is 7. The average Bonchev–Trinajstić information content (AvgIpc) is 2.88. The number of hydrogen-bond acceptors (Lipinski definition) is 4. The summed E-state index contributed by atoms with van der Waals surface area (Å²) in [5.74, 6) is 0. The number of benzene rings is 2. The van der Waals surface area contributed by atoms with E-state index >= 15 is 0 Å². The molecule has 0 aliphatic carbocycles. The standard InChI is InChI=1S/C10H20N2S.C10H13NS.C8H10/c1-10(13)11-6-5-9-12-7-3-2-4-8-12;1-2-8-3-5-9(6-4-8)10(11)7-12;1-2-8-6-4-3-5-7-8/h2-9H2,1H3,(H,11,13);3-7,12H,2,11H2,1H3;3-7H,2H2,1H3/b;10-7-;. The van der Waals surface area contributed by atoms with Crippen LogP contribution < -0.4 is 11.1 Å². The van der Waals surface area contributed by atoms with Gasteiger partial charge in [0, 0.05) is 12.2 Å². The summed E-state index contributed by atoms with van der Waals surface area (Å²) in [6.07, 6.45) is 7.62. The summed E-state index contributed by atoms with van der Waals surface area (Å²) in [5, 5.41) is 4.80. The summed E-state index contributed by atoms with van der Waals surface area (Å²) in [5.41, 5.74) is 10.1. The Hall–Kier alpha value is -1.82. The van der Waals surface area contributed by atoms with Gasteiger partial charge in [0.25, 0.3) is 0 Å². The van der Waals surface area contributed by atoms with E-state index in [1.807, 2.05) is 25.1 Å². The molecule has 3 rings (SSSR count). The first-order valence-electron chi connectivity index (χ1n) is 12.2. The van der Waals surface area contributed by atoms with Gasteiger partial charge in [0.05, 0.1) is 4.99 Å². The van der Waals surface area contributed by atoms with E-state index in [1.54, 1.807) is 5.41 Å². The Bertz CT molecular complexity index is 783. The van der Waals surface area contributed by atoms with Crippen molar-refractivity contribution < 1.29 is 0 Å². The lowest BCUT2D eigenvalue weighted by Gasteiger charge is -2.26. The molecule has 0 spiro atoms. The van der Waals surface area contributed by atoms with Gasteiger partial charge in [-0.2, -0.15) is 0 Å². The Morgan fingerprint density at radius 3 is 2.03 bits per heavy atom. The lowest BCUT2D eigenvalue weighted by Crippen LogP contribution is -2.32. The van der Waals surface area contributed by atoms with Gasteiger partial charge in [0.2, 0.25) is 0 Å². The topological polar surface area (TPSA) is 41.3 Å². The van der Waals surface area contributed by atoms with Crippen LogP contribution in [0.1, 0.15) is 63.1 Å². The van der Waals surface area contributed by atoms with E-state index in [0.29, 0.717) is 5.70 Å². The molecule has 3 N–H and O–H groups in total. The molecule has 1 saturated heterocycles. The van der Waals surface area contributed by atoms with E-state index in [9.17, 15) is 0 Å². The minimum Gasteiger partial charge on any atom is -0.398 e. The van der Waals surface area contributed by atoms with Gasteiger partial charge < -0.3 is 16.0 Å². The smallest absolute Gasteiger partial charge is 0.0721 e. The zero-order chi connectivity index (χ0) is 24.3. The lowest BCUT2D eigenvalue weighted by atomic mass is 10.1. The number of aryl methyl sites for hydroxylation is 2. The van der Waals surface area contributed by atoms with Crippen molar-refractivity contribution >= 4 is 35.5 Å². The van der Waals surface area contributed by atoms with Crippen LogP contribution in [0.4, 0.5) is 0 Å². The molecule has 33 heavy (non-hydrogen) atoms. The number of piperidine rings is 1. The minimum absolute atomic E-state index is 0.709. The highest BCUT2D eigenvalue weighted by Crippen LogP contribution is 2.11. The molecular formula is C28H43N3S2. The molecule has 182 valence electrons. The third-order valence-corrected chi connectivity index (χ3v) is 5.98. The maximum atomic E-state index is 5.67.